The second-order valence-corrected chi connectivity index (χ2v) is 6.17. The van der Waals surface area contributed by atoms with E-state index in [-0.39, 0.29) is 12.5 Å². The highest BCUT2D eigenvalue weighted by molar-refractivity contribution is 5.80. The van der Waals surface area contributed by atoms with Gasteiger partial charge >= 0.3 is 0 Å². The van der Waals surface area contributed by atoms with Crippen LogP contribution in [0.3, 0.4) is 0 Å². The number of hydrogen-bond acceptors (Lipinski definition) is 5. The first-order chi connectivity index (χ1) is 12.5. The van der Waals surface area contributed by atoms with E-state index in [4.69, 9.17) is 9.26 Å². The zero-order valence-corrected chi connectivity index (χ0v) is 15.0. The van der Waals surface area contributed by atoms with E-state index in [1.54, 1.807) is 6.92 Å². The second kappa shape index (κ2) is 7.82. The van der Waals surface area contributed by atoms with E-state index in [1.807, 2.05) is 62.4 Å². The topological polar surface area (TPSA) is 77.2 Å². The van der Waals surface area contributed by atoms with Crippen LogP contribution in [0.25, 0.3) is 11.4 Å². The number of nitrogens with zero attached hydrogens (tertiary/aromatic N) is 2. The van der Waals surface area contributed by atoms with E-state index in [0.717, 1.165) is 16.7 Å². The third-order valence-electron chi connectivity index (χ3n) is 3.86. The molecule has 0 spiro atoms. The van der Waals surface area contributed by atoms with Crippen LogP contribution in [0.4, 0.5) is 0 Å². The molecule has 1 atom stereocenters. The van der Waals surface area contributed by atoms with Gasteiger partial charge in [0, 0.05) is 5.56 Å². The van der Waals surface area contributed by atoms with Gasteiger partial charge in [-0.15, -0.1) is 0 Å². The maximum absolute atomic E-state index is 12.2. The summed E-state index contributed by atoms with van der Waals surface area (Å²) in [6.07, 6.45) is -0.628. The van der Waals surface area contributed by atoms with Crippen molar-refractivity contribution in [2.24, 2.45) is 0 Å². The molecular weight excluding hydrogens is 330 g/mol. The fourth-order valence-corrected chi connectivity index (χ4v) is 2.40. The summed E-state index contributed by atoms with van der Waals surface area (Å²) in [5.41, 5.74) is 3.10. The second-order valence-electron chi connectivity index (χ2n) is 6.17. The Morgan fingerprint density at radius 1 is 1.15 bits per heavy atom. The van der Waals surface area contributed by atoms with Crippen molar-refractivity contribution < 1.29 is 14.1 Å². The zero-order valence-electron chi connectivity index (χ0n) is 15.0. The number of amides is 1. The van der Waals surface area contributed by atoms with Gasteiger partial charge in [-0.1, -0.05) is 47.1 Å². The third kappa shape index (κ3) is 4.47. The number of hydrogen-bond donors (Lipinski definition) is 1. The molecular formula is C20H21N3O3. The lowest BCUT2D eigenvalue weighted by atomic mass is 10.1. The van der Waals surface area contributed by atoms with Crippen LogP contribution < -0.4 is 10.1 Å². The van der Waals surface area contributed by atoms with E-state index in [0.29, 0.717) is 17.5 Å². The molecule has 3 rings (SSSR count). The molecule has 6 nitrogen and oxygen atoms in total. The molecule has 0 aliphatic rings. The van der Waals surface area contributed by atoms with Crippen molar-refractivity contribution in [1.82, 2.24) is 15.5 Å². The quantitative estimate of drug-likeness (QED) is 0.736. The Kier molecular flexibility index (Phi) is 5.31. The van der Waals surface area contributed by atoms with Crippen molar-refractivity contribution in [2.75, 3.05) is 0 Å². The Bertz CT molecular complexity index is 887. The molecule has 0 unspecified atom stereocenters. The van der Waals surface area contributed by atoms with Gasteiger partial charge in [0.05, 0.1) is 6.54 Å². The van der Waals surface area contributed by atoms with Crippen LogP contribution in [0.5, 0.6) is 5.75 Å². The van der Waals surface area contributed by atoms with Gasteiger partial charge in [0.15, 0.2) is 6.10 Å². The summed E-state index contributed by atoms with van der Waals surface area (Å²) in [6, 6.07) is 15.4. The molecule has 1 heterocycles. The normalized spacial score (nSPS) is 11.8. The van der Waals surface area contributed by atoms with E-state index in [1.165, 1.54) is 0 Å². The Morgan fingerprint density at radius 3 is 2.65 bits per heavy atom. The van der Waals surface area contributed by atoms with Crippen molar-refractivity contribution in [2.45, 2.75) is 33.4 Å². The van der Waals surface area contributed by atoms with Crippen molar-refractivity contribution in [3.63, 3.8) is 0 Å². The SMILES string of the molecule is Cc1ccc(-c2noc(CNC(=O)[C@@H](C)Oc3cccc(C)c3)n2)cc1. The summed E-state index contributed by atoms with van der Waals surface area (Å²) in [4.78, 5) is 16.5. The Hall–Kier alpha value is -3.15. The summed E-state index contributed by atoms with van der Waals surface area (Å²) in [5.74, 6) is 1.25. The molecule has 2 aromatic carbocycles. The van der Waals surface area contributed by atoms with Crippen LogP contribution in [0.1, 0.15) is 23.9 Å². The van der Waals surface area contributed by atoms with Crippen molar-refractivity contribution >= 4 is 5.91 Å². The number of aryl methyl sites for hydroxylation is 2. The molecule has 3 aromatic rings. The van der Waals surface area contributed by atoms with Crippen LogP contribution in [0.2, 0.25) is 0 Å². The average Bonchev–Trinajstić information content (AvgIpc) is 3.09. The maximum atomic E-state index is 12.2. The Morgan fingerprint density at radius 2 is 1.92 bits per heavy atom. The predicted molar refractivity (Wildman–Crippen MR) is 97.6 cm³/mol. The Balaban J connectivity index is 1.55. The first-order valence-electron chi connectivity index (χ1n) is 8.42. The van der Waals surface area contributed by atoms with Gasteiger partial charge in [-0.25, -0.2) is 0 Å². The molecule has 0 saturated carbocycles. The van der Waals surface area contributed by atoms with Crippen LogP contribution in [-0.2, 0) is 11.3 Å². The van der Waals surface area contributed by atoms with E-state index >= 15 is 0 Å². The van der Waals surface area contributed by atoms with E-state index in [2.05, 4.69) is 15.5 Å². The van der Waals surface area contributed by atoms with Gasteiger partial charge in [-0.05, 0) is 38.5 Å². The lowest BCUT2D eigenvalue weighted by molar-refractivity contribution is -0.127. The van der Waals surface area contributed by atoms with E-state index < -0.39 is 6.10 Å². The van der Waals surface area contributed by atoms with Crippen LogP contribution in [0, 0.1) is 13.8 Å². The number of aromatic nitrogens is 2. The van der Waals surface area contributed by atoms with Gasteiger partial charge in [0.2, 0.25) is 11.7 Å². The standard InChI is InChI=1S/C20H21N3O3/c1-13-7-9-16(10-8-13)19-22-18(26-23-19)12-21-20(24)15(3)25-17-6-4-5-14(2)11-17/h4-11,15H,12H2,1-3H3,(H,21,24)/t15-/m1/s1. The average molecular weight is 351 g/mol. The molecule has 0 radical (unpaired) electrons. The number of carbonyl (C=O) groups excluding carboxylic acids is 1. The highest BCUT2D eigenvalue weighted by atomic mass is 16.5. The highest BCUT2D eigenvalue weighted by Gasteiger charge is 2.16. The molecule has 0 fully saturated rings. The maximum Gasteiger partial charge on any atom is 0.261 e. The number of rotatable bonds is 6. The monoisotopic (exact) mass is 351 g/mol. The molecule has 1 amide bonds. The molecule has 1 N–H and O–H groups in total. The summed E-state index contributed by atoms with van der Waals surface area (Å²) in [5, 5.41) is 6.69. The highest BCUT2D eigenvalue weighted by Crippen LogP contribution is 2.16. The minimum atomic E-state index is -0.628. The summed E-state index contributed by atoms with van der Waals surface area (Å²) >= 11 is 0. The largest absolute Gasteiger partial charge is 0.481 e. The van der Waals surface area contributed by atoms with E-state index in [9.17, 15) is 4.79 Å². The van der Waals surface area contributed by atoms with Gasteiger partial charge in [0.1, 0.15) is 5.75 Å². The number of carbonyl (C=O) groups is 1. The molecule has 0 aliphatic heterocycles. The smallest absolute Gasteiger partial charge is 0.261 e. The van der Waals surface area contributed by atoms with Crippen molar-refractivity contribution in [3.05, 3.63) is 65.5 Å². The van der Waals surface area contributed by atoms with Gasteiger partial charge in [0.25, 0.3) is 5.91 Å². The number of benzene rings is 2. The molecule has 134 valence electrons. The summed E-state index contributed by atoms with van der Waals surface area (Å²) in [6.45, 7) is 5.84. The third-order valence-corrected chi connectivity index (χ3v) is 3.86. The molecule has 0 saturated heterocycles. The minimum Gasteiger partial charge on any atom is -0.481 e. The molecule has 6 heteroatoms. The lowest BCUT2D eigenvalue weighted by Gasteiger charge is -2.14. The van der Waals surface area contributed by atoms with Crippen molar-refractivity contribution in [1.29, 1.82) is 0 Å². The fraction of sp³-hybridized carbons (Fsp3) is 0.250. The van der Waals surface area contributed by atoms with Gasteiger partial charge in [-0.2, -0.15) is 4.98 Å². The molecule has 0 bridgehead atoms. The van der Waals surface area contributed by atoms with Crippen LogP contribution in [-0.4, -0.2) is 22.2 Å². The molecule has 0 aliphatic carbocycles. The first-order valence-corrected chi connectivity index (χ1v) is 8.42. The zero-order chi connectivity index (χ0) is 18.5. The molecule has 1 aromatic heterocycles. The molecule has 26 heavy (non-hydrogen) atoms. The van der Waals surface area contributed by atoms with Gasteiger partial charge < -0.3 is 14.6 Å². The first kappa shape index (κ1) is 17.7. The lowest BCUT2D eigenvalue weighted by Crippen LogP contribution is -2.36. The van der Waals surface area contributed by atoms with Crippen LogP contribution in [0.15, 0.2) is 53.1 Å². The fourth-order valence-electron chi connectivity index (χ4n) is 2.40. The van der Waals surface area contributed by atoms with Crippen molar-refractivity contribution in [3.8, 4) is 17.1 Å². The minimum absolute atomic E-state index is 0.152. The number of nitrogens with one attached hydrogen (secondary N) is 1. The van der Waals surface area contributed by atoms with Crippen LogP contribution >= 0.6 is 0 Å². The Labute approximate surface area is 152 Å². The number of ether oxygens (including phenoxy) is 1. The summed E-state index contributed by atoms with van der Waals surface area (Å²) < 4.78 is 10.8. The van der Waals surface area contributed by atoms with Gasteiger partial charge in [-0.3, -0.25) is 4.79 Å². The summed E-state index contributed by atoms with van der Waals surface area (Å²) in [7, 11) is 0. The predicted octanol–water partition coefficient (Wildman–Crippen LogP) is 3.44.